The number of fused-ring (bicyclic) bond motifs is 1. The number of likely N-dealkylation sites (N-methyl/N-ethyl adjacent to an activating group) is 1. The Morgan fingerprint density at radius 2 is 2.50 bits per heavy atom. The van der Waals surface area contributed by atoms with E-state index < -0.39 is 0 Å². The van der Waals surface area contributed by atoms with Crippen LogP contribution < -0.4 is 5.32 Å². The highest BCUT2D eigenvalue weighted by molar-refractivity contribution is 7.80. The van der Waals surface area contributed by atoms with Gasteiger partial charge in [0, 0.05) is 30.8 Å². The zero-order chi connectivity index (χ0) is 11.5. The van der Waals surface area contributed by atoms with Crippen LogP contribution in [0.5, 0.6) is 0 Å². The van der Waals surface area contributed by atoms with E-state index in [4.69, 9.17) is 0 Å². The number of thiazole rings is 1. The third-order valence-corrected chi connectivity index (χ3v) is 3.73. The summed E-state index contributed by atoms with van der Waals surface area (Å²) in [6.45, 7) is 1.98. The molecule has 0 saturated heterocycles. The minimum absolute atomic E-state index is 0.00514. The number of carbonyl (C=O) groups is 1. The second-order valence-corrected chi connectivity index (χ2v) is 5.43. The lowest BCUT2D eigenvalue weighted by atomic mass is 10.2. The van der Waals surface area contributed by atoms with Gasteiger partial charge in [-0.3, -0.25) is 4.79 Å². The van der Waals surface area contributed by atoms with Gasteiger partial charge in [-0.15, -0.1) is 11.3 Å². The number of nitrogens with one attached hydrogen (secondary N) is 1. The molecule has 1 aliphatic rings. The van der Waals surface area contributed by atoms with E-state index in [1.165, 1.54) is 4.88 Å². The molecule has 0 spiro atoms. The number of anilines is 1. The summed E-state index contributed by atoms with van der Waals surface area (Å²) in [5.41, 5.74) is 1.14. The molecule has 1 aliphatic heterocycles. The summed E-state index contributed by atoms with van der Waals surface area (Å²) in [6.07, 6.45) is 1.41. The predicted molar refractivity (Wildman–Crippen MR) is 69.3 cm³/mol. The molecule has 6 heteroatoms. The highest BCUT2D eigenvalue weighted by atomic mass is 32.1. The van der Waals surface area contributed by atoms with Crippen molar-refractivity contribution in [1.82, 2.24) is 9.88 Å². The maximum absolute atomic E-state index is 11.4. The monoisotopic (exact) mass is 257 g/mol. The lowest BCUT2D eigenvalue weighted by Gasteiger charge is -2.20. The normalized spacial score (nSPS) is 15.9. The molecule has 0 aromatic carbocycles. The Morgan fingerprint density at radius 1 is 1.69 bits per heavy atom. The SMILES string of the molecule is CN1CCc2nc(NC(=O)CCS)sc2C1. The Hall–Kier alpha value is -0.590. The first-order valence-corrected chi connectivity index (χ1v) is 6.72. The largest absolute Gasteiger partial charge is 0.302 e. The third kappa shape index (κ3) is 2.75. The predicted octanol–water partition coefficient (Wildman–Crippen LogP) is 1.39. The van der Waals surface area contributed by atoms with Gasteiger partial charge in [-0.2, -0.15) is 12.6 Å². The van der Waals surface area contributed by atoms with Crippen LogP contribution >= 0.6 is 24.0 Å². The molecule has 2 heterocycles. The van der Waals surface area contributed by atoms with Gasteiger partial charge < -0.3 is 10.2 Å². The molecule has 0 atom stereocenters. The van der Waals surface area contributed by atoms with Crippen LogP contribution in [0.25, 0.3) is 0 Å². The van der Waals surface area contributed by atoms with Gasteiger partial charge in [0.1, 0.15) is 0 Å². The van der Waals surface area contributed by atoms with E-state index >= 15 is 0 Å². The molecule has 1 N–H and O–H groups in total. The first-order valence-electron chi connectivity index (χ1n) is 5.27. The quantitative estimate of drug-likeness (QED) is 0.804. The van der Waals surface area contributed by atoms with Crippen molar-refractivity contribution in [1.29, 1.82) is 0 Å². The van der Waals surface area contributed by atoms with E-state index in [2.05, 4.69) is 34.9 Å². The van der Waals surface area contributed by atoms with Gasteiger partial charge in [-0.05, 0) is 12.8 Å². The highest BCUT2D eigenvalue weighted by Crippen LogP contribution is 2.27. The number of rotatable bonds is 3. The molecule has 1 aromatic rings. The molecule has 1 amide bonds. The molecule has 0 aliphatic carbocycles. The molecular weight excluding hydrogens is 242 g/mol. The summed E-state index contributed by atoms with van der Waals surface area (Å²) >= 11 is 5.61. The van der Waals surface area contributed by atoms with Gasteiger partial charge in [0.2, 0.25) is 5.91 Å². The molecule has 16 heavy (non-hydrogen) atoms. The highest BCUT2D eigenvalue weighted by Gasteiger charge is 2.18. The molecular formula is C10H15N3OS2. The van der Waals surface area contributed by atoms with Gasteiger partial charge in [0.05, 0.1) is 5.69 Å². The topological polar surface area (TPSA) is 45.2 Å². The van der Waals surface area contributed by atoms with Crippen molar-refractivity contribution in [3.8, 4) is 0 Å². The molecule has 0 radical (unpaired) electrons. The van der Waals surface area contributed by atoms with Gasteiger partial charge in [-0.25, -0.2) is 4.98 Å². The summed E-state index contributed by atoms with van der Waals surface area (Å²) < 4.78 is 0. The Labute approximate surface area is 104 Å². The smallest absolute Gasteiger partial charge is 0.226 e. The average molecular weight is 257 g/mol. The Kier molecular flexibility index (Phi) is 3.83. The second kappa shape index (κ2) is 5.16. The molecule has 0 bridgehead atoms. The molecule has 88 valence electrons. The summed E-state index contributed by atoms with van der Waals surface area (Å²) in [7, 11) is 2.10. The maximum Gasteiger partial charge on any atom is 0.226 e. The first-order chi connectivity index (χ1) is 7.69. The van der Waals surface area contributed by atoms with Crippen molar-refractivity contribution in [3.05, 3.63) is 10.6 Å². The van der Waals surface area contributed by atoms with Crippen LogP contribution in [0.2, 0.25) is 0 Å². The van der Waals surface area contributed by atoms with Crippen molar-refractivity contribution in [2.75, 3.05) is 24.7 Å². The molecule has 2 rings (SSSR count). The lowest BCUT2D eigenvalue weighted by molar-refractivity contribution is -0.115. The van der Waals surface area contributed by atoms with Crippen LogP contribution in [0.3, 0.4) is 0 Å². The summed E-state index contributed by atoms with van der Waals surface area (Å²) in [5.74, 6) is 0.564. The number of hydrogen-bond acceptors (Lipinski definition) is 5. The lowest BCUT2D eigenvalue weighted by Crippen LogP contribution is -2.25. The van der Waals surface area contributed by atoms with Crippen molar-refractivity contribution >= 4 is 35.0 Å². The van der Waals surface area contributed by atoms with Crippen LogP contribution in [0.15, 0.2) is 0 Å². The minimum Gasteiger partial charge on any atom is -0.302 e. The summed E-state index contributed by atoms with van der Waals surface area (Å²) in [5, 5.41) is 3.54. The number of nitrogens with zero attached hydrogens (tertiary/aromatic N) is 2. The number of carbonyl (C=O) groups excluding carboxylic acids is 1. The van der Waals surface area contributed by atoms with Crippen LogP contribution in [0.1, 0.15) is 17.0 Å². The van der Waals surface area contributed by atoms with Gasteiger partial charge >= 0.3 is 0 Å². The van der Waals surface area contributed by atoms with Crippen molar-refractivity contribution < 1.29 is 4.79 Å². The van der Waals surface area contributed by atoms with Gasteiger partial charge in [0.25, 0.3) is 0 Å². The van der Waals surface area contributed by atoms with E-state index in [9.17, 15) is 4.79 Å². The fraction of sp³-hybridized carbons (Fsp3) is 0.600. The maximum atomic E-state index is 11.4. The van der Waals surface area contributed by atoms with Crippen molar-refractivity contribution in [3.63, 3.8) is 0 Å². The zero-order valence-corrected chi connectivity index (χ0v) is 10.9. The third-order valence-electron chi connectivity index (χ3n) is 2.51. The zero-order valence-electron chi connectivity index (χ0n) is 9.19. The number of hydrogen-bond donors (Lipinski definition) is 2. The molecule has 0 unspecified atom stereocenters. The van der Waals surface area contributed by atoms with Crippen LogP contribution in [0, 0.1) is 0 Å². The molecule has 0 saturated carbocycles. The van der Waals surface area contributed by atoms with Crippen LogP contribution in [-0.4, -0.2) is 35.1 Å². The molecule has 1 aromatic heterocycles. The van der Waals surface area contributed by atoms with Crippen LogP contribution in [-0.2, 0) is 17.8 Å². The van der Waals surface area contributed by atoms with E-state index in [0.29, 0.717) is 12.2 Å². The minimum atomic E-state index is -0.00514. The van der Waals surface area contributed by atoms with E-state index in [1.807, 2.05) is 0 Å². The van der Waals surface area contributed by atoms with Crippen molar-refractivity contribution in [2.24, 2.45) is 0 Å². The van der Waals surface area contributed by atoms with Gasteiger partial charge in [0.15, 0.2) is 5.13 Å². The molecule has 0 fully saturated rings. The summed E-state index contributed by atoms with van der Waals surface area (Å²) in [6, 6.07) is 0. The van der Waals surface area contributed by atoms with E-state index in [1.54, 1.807) is 11.3 Å². The fourth-order valence-corrected chi connectivity index (χ4v) is 2.97. The van der Waals surface area contributed by atoms with E-state index in [0.717, 1.165) is 30.3 Å². The van der Waals surface area contributed by atoms with Gasteiger partial charge in [-0.1, -0.05) is 0 Å². The standard InChI is InChI=1S/C10H15N3OS2/c1-13-4-2-7-8(6-13)16-10(11-7)12-9(14)3-5-15/h15H,2-6H2,1H3,(H,11,12,14). The Morgan fingerprint density at radius 3 is 3.25 bits per heavy atom. The fourth-order valence-electron chi connectivity index (χ4n) is 1.66. The van der Waals surface area contributed by atoms with Crippen LogP contribution in [0.4, 0.5) is 5.13 Å². The number of aromatic nitrogens is 1. The summed E-state index contributed by atoms with van der Waals surface area (Å²) in [4.78, 5) is 19.4. The first kappa shape index (κ1) is 11.9. The Bertz CT molecular complexity index is 391. The second-order valence-electron chi connectivity index (χ2n) is 3.90. The number of amides is 1. The molecule has 4 nitrogen and oxygen atoms in total. The average Bonchev–Trinajstić information content (AvgIpc) is 2.59. The van der Waals surface area contributed by atoms with E-state index in [-0.39, 0.29) is 5.91 Å². The van der Waals surface area contributed by atoms with Crippen molar-refractivity contribution in [2.45, 2.75) is 19.4 Å². The number of thiol groups is 1. The Balaban J connectivity index is 2.04.